The van der Waals surface area contributed by atoms with Crippen LogP contribution < -0.4 is 16.5 Å². The smallest absolute Gasteiger partial charge is 0.330 e. The van der Waals surface area contributed by atoms with Crippen molar-refractivity contribution < 1.29 is 23.4 Å². The molecule has 1 aromatic heterocycles. The minimum Gasteiger partial charge on any atom is -0.364 e. The second-order valence-electron chi connectivity index (χ2n) is 8.55. The van der Waals surface area contributed by atoms with Crippen molar-refractivity contribution in [3.05, 3.63) is 36.0 Å². The van der Waals surface area contributed by atoms with Crippen LogP contribution in [0.25, 0.3) is 10.9 Å². The highest BCUT2D eigenvalue weighted by atomic mass is 32.2. The third-order valence-electron chi connectivity index (χ3n) is 5.59. The minimum absolute atomic E-state index is 0.0627. The van der Waals surface area contributed by atoms with Gasteiger partial charge in [0.25, 0.3) is 11.8 Å². The Morgan fingerprint density at radius 1 is 1.30 bits per heavy atom. The maximum atomic E-state index is 13.5. The molecule has 0 bridgehead atoms. The van der Waals surface area contributed by atoms with Crippen molar-refractivity contribution in [2.45, 2.75) is 32.7 Å². The van der Waals surface area contributed by atoms with Crippen molar-refractivity contribution in [2.24, 2.45) is 17.6 Å². The van der Waals surface area contributed by atoms with Crippen LogP contribution in [0.3, 0.4) is 0 Å². The van der Waals surface area contributed by atoms with E-state index < -0.39 is 39.8 Å². The number of fused-ring (bicyclic) bond motifs is 1. The zero-order chi connectivity index (χ0) is 24.3. The molecule has 33 heavy (non-hydrogen) atoms. The first-order chi connectivity index (χ1) is 15.6. The number of aromatic nitrogens is 1. The predicted octanol–water partition coefficient (Wildman–Crippen LogP) is 1.30. The van der Waals surface area contributed by atoms with Gasteiger partial charge in [0.15, 0.2) is 0 Å². The lowest BCUT2D eigenvalue weighted by Crippen LogP contribution is -2.52. The highest BCUT2D eigenvalue weighted by molar-refractivity contribution is 7.99. The third kappa shape index (κ3) is 5.41. The molecule has 2 aromatic rings. The summed E-state index contributed by atoms with van der Waals surface area (Å²) in [5.41, 5.74) is 9.01. The summed E-state index contributed by atoms with van der Waals surface area (Å²) >= 11 is 0. The van der Waals surface area contributed by atoms with Crippen molar-refractivity contribution in [2.75, 3.05) is 19.3 Å². The van der Waals surface area contributed by atoms with Gasteiger partial charge in [-0.05, 0) is 30.9 Å². The molecule has 1 unspecified atom stereocenters. The summed E-state index contributed by atoms with van der Waals surface area (Å²) < 4.78 is 13.5. The number of nitrogens with one attached hydrogen (secondary N) is 2. The summed E-state index contributed by atoms with van der Waals surface area (Å²) in [5.74, 6) is -1.93. The highest BCUT2D eigenvalue weighted by Gasteiger charge is 2.33. The number of nitrogens with zero attached hydrogens (tertiary/aromatic N) is 2. The average Bonchev–Trinajstić information content (AvgIpc) is 3.34. The fraction of sp³-hybridized carbons (Fsp3) is 0.455. The predicted molar refractivity (Wildman–Crippen MR) is 124 cm³/mol. The van der Waals surface area contributed by atoms with Gasteiger partial charge in [-0.15, -0.1) is 0 Å². The Morgan fingerprint density at radius 3 is 2.58 bits per heavy atom. The fourth-order valence-electron chi connectivity index (χ4n) is 4.05. The molecule has 2 heterocycles. The molecule has 0 aliphatic carbocycles. The van der Waals surface area contributed by atoms with E-state index in [1.54, 1.807) is 22.8 Å². The van der Waals surface area contributed by atoms with Gasteiger partial charge in [-0.25, -0.2) is 9.22 Å². The Kier molecular flexibility index (Phi) is 7.52. The lowest BCUT2D eigenvalue weighted by molar-refractivity contribution is -0.130. The Bertz CT molecular complexity index is 1110. The molecule has 1 aliphatic rings. The first-order valence-electron chi connectivity index (χ1n) is 10.7. The first-order valence-corrected chi connectivity index (χ1v) is 12.3. The number of primary amides is 1. The Balaban J connectivity index is 1.99. The van der Waals surface area contributed by atoms with Crippen LogP contribution in [-0.2, 0) is 20.4 Å². The van der Waals surface area contributed by atoms with Gasteiger partial charge < -0.3 is 15.6 Å². The quantitative estimate of drug-likeness (QED) is 0.517. The number of para-hydroxylation sites is 1. The number of hydrogen-bond acceptors (Lipinski definition) is 5. The number of carbonyl (C=O) groups is 4. The summed E-state index contributed by atoms with van der Waals surface area (Å²) in [7, 11) is -1.90. The van der Waals surface area contributed by atoms with E-state index in [-0.39, 0.29) is 24.1 Å². The number of amides is 4. The van der Waals surface area contributed by atoms with Gasteiger partial charge >= 0.3 is 5.24 Å². The zero-order valence-corrected chi connectivity index (χ0v) is 19.7. The van der Waals surface area contributed by atoms with Gasteiger partial charge in [0.1, 0.15) is 22.5 Å². The van der Waals surface area contributed by atoms with Crippen molar-refractivity contribution in [3.63, 3.8) is 0 Å². The number of carbonyl (C=O) groups excluding carboxylic acids is 4. The van der Waals surface area contributed by atoms with Crippen molar-refractivity contribution in [1.82, 2.24) is 20.3 Å². The largest absolute Gasteiger partial charge is 0.364 e. The monoisotopic (exact) mass is 475 g/mol. The van der Waals surface area contributed by atoms with Crippen LogP contribution in [0, 0.1) is 11.8 Å². The summed E-state index contributed by atoms with van der Waals surface area (Å²) in [6.45, 7) is 4.24. The van der Waals surface area contributed by atoms with Crippen molar-refractivity contribution >= 4 is 44.7 Å². The van der Waals surface area contributed by atoms with Crippen molar-refractivity contribution in [1.29, 1.82) is 0 Å². The SMILES string of the molecule is CC(C)C[C@@H](C(=O)NN(C[C@@H]1CCNC1=O)C(=O)S(C)=O)n1c(C(N)=O)cc2ccccc21. The Morgan fingerprint density at radius 2 is 2.00 bits per heavy atom. The van der Waals surface area contributed by atoms with E-state index in [2.05, 4.69) is 10.7 Å². The molecule has 0 radical (unpaired) electrons. The number of hydrazine groups is 1. The molecule has 1 aliphatic heterocycles. The first kappa shape index (κ1) is 24.4. The van der Waals surface area contributed by atoms with Gasteiger partial charge in [-0.2, -0.15) is 0 Å². The van der Waals surface area contributed by atoms with E-state index >= 15 is 0 Å². The Labute approximate surface area is 194 Å². The molecule has 4 amide bonds. The maximum Gasteiger partial charge on any atom is 0.330 e. The van der Waals surface area contributed by atoms with E-state index in [1.165, 1.54) is 6.26 Å². The van der Waals surface area contributed by atoms with Gasteiger partial charge in [0, 0.05) is 23.7 Å². The van der Waals surface area contributed by atoms with Crippen LogP contribution in [0.5, 0.6) is 0 Å². The summed E-state index contributed by atoms with van der Waals surface area (Å²) in [4.78, 5) is 50.3. The average molecular weight is 476 g/mol. The van der Waals surface area contributed by atoms with Gasteiger partial charge in [0.2, 0.25) is 5.91 Å². The molecule has 1 aromatic carbocycles. The Hall–Kier alpha value is -3.21. The molecule has 3 rings (SSSR count). The van der Waals surface area contributed by atoms with E-state index in [1.807, 2.05) is 26.0 Å². The lowest BCUT2D eigenvalue weighted by atomic mass is 10.0. The normalized spacial score (nSPS) is 17.6. The van der Waals surface area contributed by atoms with Crippen LogP contribution in [0.2, 0.25) is 0 Å². The molecular weight excluding hydrogens is 446 g/mol. The maximum absolute atomic E-state index is 13.5. The number of hydrogen-bond donors (Lipinski definition) is 3. The van der Waals surface area contributed by atoms with Crippen LogP contribution in [0.15, 0.2) is 30.3 Å². The standard InChI is InChI=1S/C22H29N5O5S/c1-13(2)10-18(27-16-7-5-4-6-14(16)11-17(27)19(23)28)21(30)25-26(22(31)33(3)32)12-15-8-9-24-20(15)29/h4-7,11,13,15,18H,8-10,12H2,1-3H3,(H2,23,28)(H,24,29)(H,25,30)/t15-,18-,33?/m0/s1. The van der Waals surface area contributed by atoms with E-state index in [4.69, 9.17) is 5.73 Å². The molecule has 0 saturated carbocycles. The molecule has 178 valence electrons. The lowest BCUT2D eigenvalue weighted by Gasteiger charge is -2.29. The highest BCUT2D eigenvalue weighted by Crippen LogP contribution is 2.28. The van der Waals surface area contributed by atoms with Gasteiger partial charge in [-0.1, -0.05) is 32.0 Å². The molecule has 0 spiro atoms. The number of nitrogens with two attached hydrogens (primary N) is 1. The zero-order valence-electron chi connectivity index (χ0n) is 18.9. The molecule has 4 N–H and O–H groups in total. The minimum atomic E-state index is -1.90. The number of rotatable bonds is 7. The van der Waals surface area contributed by atoms with Gasteiger partial charge in [-0.3, -0.25) is 24.6 Å². The second kappa shape index (κ2) is 10.2. The number of benzene rings is 1. The molecule has 3 atom stereocenters. The van der Waals surface area contributed by atoms with E-state index in [0.29, 0.717) is 24.9 Å². The van der Waals surface area contributed by atoms with Crippen LogP contribution in [0.1, 0.15) is 43.2 Å². The summed E-state index contributed by atoms with van der Waals surface area (Å²) in [5, 5.41) is 3.58. The van der Waals surface area contributed by atoms with Gasteiger partial charge in [0.05, 0.1) is 12.5 Å². The molecule has 1 saturated heterocycles. The molecule has 1 fully saturated rings. The molecule has 10 nitrogen and oxygen atoms in total. The van der Waals surface area contributed by atoms with Crippen LogP contribution in [-0.4, -0.2) is 56.1 Å². The van der Waals surface area contributed by atoms with E-state index in [0.717, 1.165) is 10.4 Å². The molecular formula is C22H29N5O5S. The van der Waals surface area contributed by atoms with Crippen LogP contribution in [0.4, 0.5) is 4.79 Å². The summed E-state index contributed by atoms with van der Waals surface area (Å²) in [6.07, 6.45) is 2.07. The topological polar surface area (TPSA) is 144 Å². The van der Waals surface area contributed by atoms with Crippen molar-refractivity contribution in [3.8, 4) is 0 Å². The summed E-state index contributed by atoms with van der Waals surface area (Å²) in [6, 6.07) is 7.98. The second-order valence-corrected chi connectivity index (χ2v) is 9.81. The fourth-order valence-corrected chi connectivity index (χ4v) is 4.48. The van der Waals surface area contributed by atoms with E-state index in [9.17, 15) is 23.4 Å². The molecule has 11 heteroatoms. The third-order valence-corrected chi connectivity index (χ3v) is 6.30. The van der Waals surface area contributed by atoms with Crippen LogP contribution >= 0.6 is 0 Å².